The molecular weight excluding hydrogens is 222 g/mol. The molecular formula is C16H35NO. The quantitative estimate of drug-likeness (QED) is 0.515. The summed E-state index contributed by atoms with van der Waals surface area (Å²) in [5, 5.41) is 12.9. The molecule has 0 saturated carbocycles. The number of nitrogens with one attached hydrogen (secondary N) is 1. The molecule has 0 bridgehead atoms. The number of hydrogen-bond acceptors (Lipinski definition) is 2. The van der Waals surface area contributed by atoms with Crippen molar-refractivity contribution in [1.29, 1.82) is 0 Å². The number of unbranched alkanes of at least 4 members (excludes halogenated alkanes) is 7. The zero-order valence-corrected chi connectivity index (χ0v) is 13.1. The highest BCUT2D eigenvalue weighted by Gasteiger charge is 2.25. The van der Waals surface area contributed by atoms with Gasteiger partial charge in [0.05, 0.1) is 6.61 Å². The number of hydrogen-bond donors (Lipinski definition) is 2. The van der Waals surface area contributed by atoms with Crippen molar-refractivity contribution < 1.29 is 5.11 Å². The van der Waals surface area contributed by atoms with Gasteiger partial charge in [-0.2, -0.15) is 0 Å². The van der Waals surface area contributed by atoms with Crippen LogP contribution in [0.25, 0.3) is 0 Å². The van der Waals surface area contributed by atoms with Gasteiger partial charge in [-0.15, -0.1) is 0 Å². The Morgan fingerprint density at radius 2 is 1.44 bits per heavy atom. The van der Waals surface area contributed by atoms with Crippen LogP contribution in [0.2, 0.25) is 0 Å². The summed E-state index contributed by atoms with van der Waals surface area (Å²) >= 11 is 0. The lowest BCUT2D eigenvalue weighted by molar-refractivity contribution is 0.133. The summed E-state index contributed by atoms with van der Waals surface area (Å²) in [6, 6.07) is 0. The molecule has 2 N–H and O–H groups in total. The molecule has 2 nitrogen and oxygen atoms in total. The molecule has 0 heterocycles. The Hall–Kier alpha value is -0.0800. The van der Waals surface area contributed by atoms with E-state index in [-0.39, 0.29) is 12.1 Å². The molecule has 0 aromatic carbocycles. The van der Waals surface area contributed by atoms with Crippen LogP contribution in [0.1, 0.15) is 79.1 Å². The second-order valence-corrected chi connectivity index (χ2v) is 6.13. The van der Waals surface area contributed by atoms with Crippen molar-refractivity contribution in [2.75, 3.05) is 13.2 Å². The smallest absolute Gasteiger partial charge is 0.0613 e. The predicted molar refractivity (Wildman–Crippen MR) is 80.9 cm³/mol. The molecule has 1 atom stereocenters. The molecule has 18 heavy (non-hydrogen) atoms. The minimum Gasteiger partial charge on any atom is -0.394 e. The van der Waals surface area contributed by atoms with E-state index in [1.165, 1.54) is 51.4 Å². The largest absolute Gasteiger partial charge is 0.394 e. The van der Waals surface area contributed by atoms with Crippen LogP contribution in [-0.4, -0.2) is 23.8 Å². The zero-order valence-electron chi connectivity index (χ0n) is 13.1. The summed E-state index contributed by atoms with van der Waals surface area (Å²) in [6.45, 7) is 9.96. The number of aliphatic hydroxyl groups excluding tert-OH is 1. The van der Waals surface area contributed by atoms with E-state index < -0.39 is 0 Å². The Morgan fingerprint density at radius 3 is 1.89 bits per heavy atom. The maximum Gasteiger partial charge on any atom is 0.0613 e. The highest BCUT2D eigenvalue weighted by Crippen LogP contribution is 2.15. The van der Waals surface area contributed by atoms with Crippen LogP contribution in [0.3, 0.4) is 0 Å². The molecule has 2 heteroatoms. The highest BCUT2D eigenvalue weighted by molar-refractivity contribution is 4.85. The van der Waals surface area contributed by atoms with Crippen molar-refractivity contribution >= 4 is 0 Å². The van der Waals surface area contributed by atoms with Crippen LogP contribution < -0.4 is 5.32 Å². The van der Waals surface area contributed by atoms with Gasteiger partial charge in [0.25, 0.3) is 0 Å². The SMILES string of the molecule is CCCCCCCCCCN[C@](C)(CO)C(C)C. The topological polar surface area (TPSA) is 32.3 Å². The molecule has 0 fully saturated rings. The molecule has 0 aliphatic heterocycles. The van der Waals surface area contributed by atoms with Crippen molar-refractivity contribution in [3.8, 4) is 0 Å². The molecule has 0 radical (unpaired) electrons. The molecule has 0 spiro atoms. The van der Waals surface area contributed by atoms with Gasteiger partial charge < -0.3 is 10.4 Å². The van der Waals surface area contributed by atoms with Gasteiger partial charge in [-0.05, 0) is 25.8 Å². The van der Waals surface area contributed by atoms with E-state index in [0.717, 1.165) is 6.54 Å². The van der Waals surface area contributed by atoms with Crippen LogP contribution in [0.4, 0.5) is 0 Å². The van der Waals surface area contributed by atoms with Crippen molar-refractivity contribution in [2.45, 2.75) is 84.6 Å². The molecule has 0 aromatic rings. The van der Waals surface area contributed by atoms with E-state index >= 15 is 0 Å². The van der Waals surface area contributed by atoms with Crippen LogP contribution in [-0.2, 0) is 0 Å². The van der Waals surface area contributed by atoms with Crippen molar-refractivity contribution in [2.24, 2.45) is 5.92 Å². The average Bonchev–Trinajstić information content (AvgIpc) is 2.36. The summed E-state index contributed by atoms with van der Waals surface area (Å²) in [6.07, 6.45) is 10.8. The maximum atomic E-state index is 9.42. The average molecular weight is 257 g/mol. The standard InChI is InChI=1S/C16H35NO/c1-5-6-7-8-9-10-11-12-13-17-16(4,14-18)15(2)3/h15,17-18H,5-14H2,1-4H3/t16-/m1/s1. The minimum atomic E-state index is -0.110. The summed E-state index contributed by atoms with van der Waals surface area (Å²) in [5.41, 5.74) is -0.110. The highest BCUT2D eigenvalue weighted by atomic mass is 16.3. The Morgan fingerprint density at radius 1 is 0.944 bits per heavy atom. The molecule has 0 saturated heterocycles. The zero-order chi connectivity index (χ0) is 13.9. The third kappa shape index (κ3) is 8.10. The maximum absolute atomic E-state index is 9.42. The Bertz CT molecular complexity index is 182. The van der Waals surface area contributed by atoms with Gasteiger partial charge >= 0.3 is 0 Å². The van der Waals surface area contributed by atoms with Gasteiger partial charge in [-0.1, -0.05) is 65.7 Å². The fraction of sp³-hybridized carbons (Fsp3) is 1.00. The summed E-state index contributed by atoms with van der Waals surface area (Å²) < 4.78 is 0. The van der Waals surface area contributed by atoms with Gasteiger partial charge in [-0.3, -0.25) is 0 Å². The van der Waals surface area contributed by atoms with E-state index in [0.29, 0.717) is 5.92 Å². The molecule has 0 aromatic heterocycles. The first-order valence-corrected chi connectivity index (χ1v) is 7.92. The molecule has 0 aliphatic carbocycles. The predicted octanol–water partition coefficient (Wildman–Crippen LogP) is 4.12. The third-order valence-electron chi connectivity index (χ3n) is 4.16. The molecule has 0 unspecified atom stereocenters. The molecule has 0 aliphatic rings. The Labute approximate surface area is 115 Å². The summed E-state index contributed by atoms with van der Waals surface area (Å²) in [5.74, 6) is 0.469. The normalized spacial score (nSPS) is 15.0. The fourth-order valence-corrected chi connectivity index (χ4v) is 2.08. The Kier molecular flexibility index (Phi) is 10.8. The van der Waals surface area contributed by atoms with Crippen molar-refractivity contribution in [1.82, 2.24) is 5.32 Å². The first-order chi connectivity index (χ1) is 8.56. The second kappa shape index (κ2) is 10.8. The van der Waals surface area contributed by atoms with E-state index in [1.807, 2.05) is 0 Å². The van der Waals surface area contributed by atoms with E-state index in [2.05, 4.69) is 33.0 Å². The lowest BCUT2D eigenvalue weighted by Crippen LogP contribution is -2.50. The van der Waals surface area contributed by atoms with E-state index in [9.17, 15) is 5.11 Å². The monoisotopic (exact) mass is 257 g/mol. The van der Waals surface area contributed by atoms with Crippen LogP contribution in [0.15, 0.2) is 0 Å². The molecule has 110 valence electrons. The van der Waals surface area contributed by atoms with E-state index in [1.54, 1.807) is 0 Å². The van der Waals surface area contributed by atoms with Crippen LogP contribution >= 0.6 is 0 Å². The van der Waals surface area contributed by atoms with Gasteiger partial charge in [0, 0.05) is 5.54 Å². The first-order valence-electron chi connectivity index (χ1n) is 7.92. The van der Waals surface area contributed by atoms with Crippen LogP contribution in [0.5, 0.6) is 0 Å². The number of aliphatic hydroxyl groups is 1. The fourth-order valence-electron chi connectivity index (χ4n) is 2.08. The molecule has 0 rings (SSSR count). The lowest BCUT2D eigenvalue weighted by Gasteiger charge is -2.33. The Balaban J connectivity index is 3.39. The van der Waals surface area contributed by atoms with E-state index in [4.69, 9.17) is 0 Å². The van der Waals surface area contributed by atoms with Gasteiger partial charge in [-0.25, -0.2) is 0 Å². The van der Waals surface area contributed by atoms with Crippen LogP contribution in [0, 0.1) is 5.92 Å². The minimum absolute atomic E-state index is 0.110. The summed E-state index contributed by atoms with van der Waals surface area (Å²) in [4.78, 5) is 0. The molecule has 0 amide bonds. The van der Waals surface area contributed by atoms with Crippen molar-refractivity contribution in [3.63, 3.8) is 0 Å². The second-order valence-electron chi connectivity index (χ2n) is 6.13. The summed E-state index contributed by atoms with van der Waals surface area (Å²) in [7, 11) is 0. The lowest BCUT2D eigenvalue weighted by atomic mass is 9.89. The van der Waals surface area contributed by atoms with Crippen molar-refractivity contribution in [3.05, 3.63) is 0 Å². The van der Waals surface area contributed by atoms with Gasteiger partial charge in [0.1, 0.15) is 0 Å². The number of rotatable bonds is 12. The van der Waals surface area contributed by atoms with Gasteiger partial charge in [0.2, 0.25) is 0 Å². The first kappa shape index (κ1) is 17.9. The third-order valence-corrected chi connectivity index (χ3v) is 4.16. The van der Waals surface area contributed by atoms with Gasteiger partial charge in [0.15, 0.2) is 0 Å².